The summed E-state index contributed by atoms with van der Waals surface area (Å²) >= 11 is 12.0. The van der Waals surface area contributed by atoms with Gasteiger partial charge in [-0.25, -0.2) is 4.39 Å². The Kier molecular flexibility index (Phi) is 6.59. The van der Waals surface area contributed by atoms with Crippen molar-refractivity contribution in [3.05, 3.63) is 98.3 Å². The average molecular weight is 426 g/mol. The highest BCUT2D eigenvalue weighted by Crippen LogP contribution is 2.29. The number of hydrogen-bond acceptors (Lipinski definition) is 2. The molecule has 0 spiro atoms. The first-order valence-electron chi connectivity index (χ1n) is 8.93. The first kappa shape index (κ1) is 20.9. The molecule has 0 N–H and O–H groups in total. The topological polar surface area (TPSA) is 33.0 Å². The molecule has 5 heteroatoms. The van der Waals surface area contributed by atoms with Crippen molar-refractivity contribution in [1.82, 2.24) is 0 Å². The van der Waals surface area contributed by atoms with Crippen molar-refractivity contribution in [3.63, 3.8) is 0 Å². The Labute approximate surface area is 179 Å². The Morgan fingerprint density at radius 1 is 1.00 bits per heavy atom. The predicted molar refractivity (Wildman–Crippen MR) is 117 cm³/mol. The van der Waals surface area contributed by atoms with E-state index in [1.165, 1.54) is 12.1 Å². The van der Waals surface area contributed by atoms with E-state index in [1.807, 2.05) is 32.0 Å². The van der Waals surface area contributed by atoms with Crippen molar-refractivity contribution in [2.75, 3.05) is 0 Å². The van der Waals surface area contributed by atoms with Crippen LogP contribution in [-0.4, -0.2) is 0 Å². The van der Waals surface area contributed by atoms with Crippen LogP contribution >= 0.6 is 23.2 Å². The van der Waals surface area contributed by atoms with E-state index in [9.17, 15) is 9.65 Å². The van der Waals surface area contributed by atoms with Crippen molar-refractivity contribution in [3.8, 4) is 11.8 Å². The lowest BCUT2D eigenvalue weighted by Crippen LogP contribution is -1.99. The van der Waals surface area contributed by atoms with Crippen LogP contribution in [0.3, 0.4) is 0 Å². The lowest BCUT2D eigenvalue weighted by Gasteiger charge is -2.14. The Morgan fingerprint density at radius 2 is 1.66 bits per heavy atom. The predicted octanol–water partition coefficient (Wildman–Crippen LogP) is 7.39. The first-order valence-corrected chi connectivity index (χ1v) is 9.68. The van der Waals surface area contributed by atoms with Gasteiger partial charge in [-0.2, -0.15) is 5.26 Å². The summed E-state index contributed by atoms with van der Waals surface area (Å²) in [6, 6.07) is 17.4. The van der Waals surface area contributed by atoms with Crippen LogP contribution in [0, 0.1) is 31.0 Å². The normalized spacial score (nSPS) is 11.2. The quantitative estimate of drug-likeness (QED) is 0.315. The van der Waals surface area contributed by atoms with E-state index in [2.05, 4.69) is 6.07 Å². The molecule has 0 fully saturated rings. The summed E-state index contributed by atoms with van der Waals surface area (Å²) in [4.78, 5) is 0. The smallest absolute Gasteiger partial charge is 0.125 e. The molecule has 3 aromatic rings. The highest BCUT2D eigenvalue weighted by Gasteiger charge is 2.09. The van der Waals surface area contributed by atoms with Gasteiger partial charge < -0.3 is 4.74 Å². The van der Waals surface area contributed by atoms with Gasteiger partial charge in [-0.1, -0.05) is 41.4 Å². The third-order valence-electron chi connectivity index (χ3n) is 4.44. The van der Waals surface area contributed by atoms with Crippen molar-refractivity contribution >= 4 is 34.9 Å². The summed E-state index contributed by atoms with van der Waals surface area (Å²) in [5.41, 5.74) is 4.84. The van der Waals surface area contributed by atoms with Crippen molar-refractivity contribution < 1.29 is 9.13 Å². The number of rotatable bonds is 5. The molecule has 0 unspecified atom stereocenters. The van der Waals surface area contributed by atoms with Gasteiger partial charge in [-0.3, -0.25) is 0 Å². The summed E-state index contributed by atoms with van der Waals surface area (Å²) in [5.74, 6) is 0.453. The minimum atomic E-state index is -0.332. The molecular weight excluding hydrogens is 408 g/mol. The molecule has 0 aliphatic heterocycles. The van der Waals surface area contributed by atoms with Gasteiger partial charge in [0.05, 0.1) is 21.7 Å². The number of nitrogens with zero attached hydrogens (tertiary/aromatic N) is 1. The van der Waals surface area contributed by atoms with Crippen molar-refractivity contribution in [2.45, 2.75) is 20.5 Å². The largest absolute Gasteiger partial charge is 0.488 e. The molecule has 0 aromatic heterocycles. The van der Waals surface area contributed by atoms with Crippen LogP contribution in [0.4, 0.5) is 4.39 Å². The van der Waals surface area contributed by atoms with Crippen LogP contribution in [0.2, 0.25) is 10.0 Å². The maximum Gasteiger partial charge on any atom is 0.125 e. The van der Waals surface area contributed by atoms with E-state index < -0.39 is 0 Å². The molecule has 0 heterocycles. The number of allylic oxidation sites excluding steroid dienone is 1. The standard InChI is InChI=1S/C24H18Cl2FNO/c1-15-9-18(11-20(13-28)19-4-6-21(27)7-5-19)10-16(2)24(15)29-14-17-3-8-22(25)23(26)12-17/h3-12H,14H2,1-2H3/b20-11+. The van der Waals surface area contributed by atoms with E-state index in [4.69, 9.17) is 27.9 Å². The third-order valence-corrected chi connectivity index (χ3v) is 5.18. The molecule has 0 radical (unpaired) electrons. The van der Waals surface area contributed by atoms with Gasteiger partial charge in [0.15, 0.2) is 0 Å². The summed E-state index contributed by atoms with van der Waals surface area (Å²) < 4.78 is 19.1. The molecule has 0 aliphatic rings. The number of nitriles is 1. The second-order valence-corrected chi connectivity index (χ2v) is 7.51. The highest BCUT2D eigenvalue weighted by atomic mass is 35.5. The number of aryl methyl sites for hydroxylation is 2. The molecule has 0 amide bonds. The van der Waals surface area contributed by atoms with Crippen molar-refractivity contribution in [1.29, 1.82) is 5.26 Å². The monoisotopic (exact) mass is 425 g/mol. The number of ether oxygens (including phenoxy) is 1. The fourth-order valence-electron chi connectivity index (χ4n) is 3.06. The van der Waals surface area contributed by atoms with Crippen LogP contribution in [0.25, 0.3) is 11.6 Å². The zero-order valence-corrected chi connectivity index (χ0v) is 17.5. The zero-order chi connectivity index (χ0) is 21.0. The fraction of sp³-hybridized carbons (Fsp3) is 0.125. The lowest BCUT2D eigenvalue weighted by molar-refractivity contribution is 0.302. The molecule has 0 saturated carbocycles. The van der Waals surface area contributed by atoms with Crippen molar-refractivity contribution in [2.24, 2.45) is 0 Å². The Hall–Kier alpha value is -2.80. The molecule has 0 bridgehead atoms. The maximum atomic E-state index is 13.1. The second kappa shape index (κ2) is 9.13. The third kappa shape index (κ3) is 5.17. The molecule has 0 saturated heterocycles. The molecular formula is C24H18Cl2FNO. The van der Waals surface area contributed by atoms with Gasteiger partial charge in [-0.05, 0) is 84.1 Å². The van der Waals surface area contributed by atoms with E-state index in [-0.39, 0.29) is 5.82 Å². The van der Waals surface area contributed by atoms with Crippen LogP contribution in [0.15, 0.2) is 54.6 Å². The molecule has 3 rings (SSSR count). The van der Waals surface area contributed by atoms with Gasteiger partial charge in [0.2, 0.25) is 0 Å². The Bertz CT molecular complexity index is 1090. The molecule has 0 atom stereocenters. The minimum absolute atomic E-state index is 0.332. The van der Waals surface area contributed by atoms with Gasteiger partial charge in [0.1, 0.15) is 18.2 Å². The number of halogens is 3. The highest BCUT2D eigenvalue weighted by molar-refractivity contribution is 6.42. The van der Waals surface area contributed by atoms with Gasteiger partial charge in [0.25, 0.3) is 0 Å². The molecule has 146 valence electrons. The zero-order valence-electron chi connectivity index (χ0n) is 16.0. The molecule has 3 aromatic carbocycles. The molecule has 29 heavy (non-hydrogen) atoms. The summed E-state index contributed by atoms with van der Waals surface area (Å²) in [6.45, 7) is 4.28. The average Bonchev–Trinajstić information content (AvgIpc) is 2.69. The lowest BCUT2D eigenvalue weighted by atomic mass is 10.0. The Morgan fingerprint density at radius 3 is 2.24 bits per heavy atom. The van der Waals surface area contributed by atoms with Crippen LogP contribution in [0.1, 0.15) is 27.8 Å². The number of hydrogen-bond donors (Lipinski definition) is 0. The maximum absolute atomic E-state index is 13.1. The van der Waals surface area contributed by atoms with E-state index in [1.54, 1.807) is 30.3 Å². The van der Waals surface area contributed by atoms with Gasteiger partial charge in [0, 0.05) is 0 Å². The van der Waals surface area contributed by atoms with E-state index >= 15 is 0 Å². The van der Waals surface area contributed by atoms with Gasteiger partial charge in [-0.15, -0.1) is 0 Å². The van der Waals surface area contributed by atoms with Crippen LogP contribution < -0.4 is 4.74 Å². The summed E-state index contributed by atoms with van der Waals surface area (Å²) in [7, 11) is 0. The first-order chi connectivity index (χ1) is 13.9. The Balaban J connectivity index is 1.83. The van der Waals surface area contributed by atoms with Crippen LogP contribution in [-0.2, 0) is 6.61 Å². The summed E-state index contributed by atoms with van der Waals surface area (Å²) in [5, 5.41) is 10.5. The van der Waals surface area contributed by atoms with Crippen LogP contribution in [0.5, 0.6) is 5.75 Å². The molecule has 2 nitrogen and oxygen atoms in total. The van der Waals surface area contributed by atoms with E-state index in [0.717, 1.165) is 28.0 Å². The molecule has 0 aliphatic carbocycles. The number of benzene rings is 3. The van der Waals surface area contributed by atoms with Gasteiger partial charge >= 0.3 is 0 Å². The van der Waals surface area contributed by atoms with E-state index in [0.29, 0.717) is 27.8 Å². The fourth-order valence-corrected chi connectivity index (χ4v) is 3.38. The minimum Gasteiger partial charge on any atom is -0.488 e. The SMILES string of the molecule is Cc1cc(/C=C(\C#N)c2ccc(F)cc2)cc(C)c1OCc1ccc(Cl)c(Cl)c1. The summed E-state index contributed by atoms with van der Waals surface area (Å²) in [6.07, 6.45) is 1.79. The second-order valence-electron chi connectivity index (χ2n) is 6.70.